The van der Waals surface area contributed by atoms with Gasteiger partial charge in [0.1, 0.15) is 5.60 Å². The third-order valence-corrected chi connectivity index (χ3v) is 4.89. The molecule has 0 spiro atoms. The standard InChI is InChI=1S/C18H28N2O2S/c1-5-20(17(21)22-18(2,3)4)12-11-19-15-10-13-23-16-9-7-6-8-14(15)16/h6-9,15,19H,5,10-13H2,1-4H3. The number of hydrogen-bond donors (Lipinski definition) is 1. The molecular formula is C18H28N2O2S. The van der Waals surface area contributed by atoms with E-state index in [1.165, 1.54) is 10.5 Å². The highest BCUT2D eigenvalue weighted by atomic mass is 32.2. The van der Waals surface area contributed by atoms with Crippen LogP contribution >= 0.6 is 11.8 Å². The smallest absolute Gasteiger partial charge is 0.410 e. The largest absolute Gasteiger partial charge is 0.444 e. The van der Waals surface area contributed by atoms with E-state index in [-0.39, 0.29) is 6.09 Å². The molecule has 1 atom stereocenters. The van der Waals surface area contributed by atoms with Crippen molar-refractivity contribution < 1.29 is 9.53 Å². The van der Waals surface area contributed by atoms with Crippen LogP contribution in [0.5, 0.6) is 0 Å². The Hall–Kier alpha value is -1.20. The molecule has 0 aromatic heterocycles. The van der Waals surface area contributed by atoms with Crippen LogP contribution in [-0.4, -0.2) is 42.0 Å². The molecule has 23 heavy (non-hydrogen) atoms. The van der Waals surface area contributed by atoms with Crippen molar-refractivity contribution in [3.63, 3.8) is 0 Å². The van der Waals surface area contributed by atoms with Gasteiger partial charge in [0, 0.05) is 30.6 Å². The van der Waals surface area contributed by atoms with Crippen LogP contribution in [0.4, 0.5) is 4.79 Å². The molecule has 0 radical (unpaired) electrons. The van der Waals surface area contributed by atoms with E-state index in [2.05, 4.69) is 29.6 Å². The minimum atomic E-state index is -0.447. The number of carbonyl (C=O) groups excluding carboxylic acids is 1. The number of nitrogens with one attached hydrogen (secondary N) is 1. The average molecular weight is 337 g/mol. The molecule has 0 fully saturated rings. The van der Waals surface area contributed by atoms with Gasteiger partial charge in [0.05, 0.1) is 0 Å². The van der Waals surface area contributed by atoms with E-state index in [0.29, 0.717) is 19.1 Å². The molecular weight excluding hydrogens is 308 g/mol. The molecule has 1 aromatic carbocycles. The Kier molecular flexibility index (Phi) is 6.36. The molecule has 1 aromatic rings. The van der Waals surface area contributed by atoms with Crippen molar-refractivity contribution in [1.82, 2.24) is 10.2 Å². The van der Waals surface area contributed by atoms with Crippen LogP contribution in [0.15, 0.2) is 29.2 Å². The number of benzene rings is 1. The zero-order valence-electron chi connectivity index (χ0n) is 14.6. The number of ether oxygens (including phenoxy) is 1. The van der Waals surface area contributed by atoms with E-state index in [0.717, 1.165) is 18.7 Å². The molecule has 0 aliphatic carbocycles. The summed E-state index contributed by atoms with van der Waals surface area (Å²) < 4.78 is 5.45. The Balaban J connectivity index is 1.86. The van der Waals surface area contributed by atoms with Crippen molar-refractivity contribution in [2.45, 2.75) is 50.7 Å². The molecule has 0 saturated carbocycles. The van der Waals surface area contributed by atoms with Crippen molar-refractivity contribution in [1.29, 1.82) is 0 Å². The normalized spacial score (nSPS) is 17.5. The molecule has 2 rings (SSSR count). The van der Waals surface area contributed by atoms with Crippen molar-refractivity contribution in [2.24, 2.45) is 0 Å². The first kappa shape index (κ1) is 18.1. The summed E-state index contributed by atoms with van der Waals surface area (Å²) in [6, 6.07) is 8.95. The number of hydrogen-bond acceptors (Lipinski definition) is 4. The lowest BCUT2D eigenvalue weighted by molar-refractivity contribution is 0.0261. The van der Waals surface area contributed by atoms with Gasteiger partial charge >= 0.3 is 6.09 Å². The van der Waals surface area contributed by atoms with Gasteiger partial charge in [-0.05, 0) is 51.5 Å². The van der Waals surface area contributed by atoms with Crippen molar-refractivity contribution in [2.75, 3.05) is 25.4 Å². The summed E-state index contributed by atoms with van der Waals surface area (Å²) in [7, 11) is 0. The third kappa shape index (κ3) is 5.43. The molecule has 1 heterocycles. The Morgan fingerprint density at radius 2 is 2.13 bits per heavy atom. The summed E-state index contributed by atoms with van der Waals surface area (Å²) in [5.41, 5.74) is 0.932. The number of fused-ring (bicyclic) bond motifs is 1. The van der Waals surface area contributed by atoms with E-state index >= 15 is 0 Å². The second-order valence-electron chi connectivity index (χ2n) is 6.74. The van der Waals surface area contributed by atoms with Crippen LogP contribution in [-0.2, 0) is 4.74 Å². The lowest BCUT2D eigenvalue weighted by Gasteiger charge is -2.29. The van der Waals surface area contributed by atoms with Crippen LogP contribution in [0.3, 0.4) is 0 Å². The first-order valence-electron chi connectivity index (χ1n) is 8.33. The van der Waals surface area contributed by atoms with E-state index < -0.39 is 5.60 Å². The molecule has 0 bridgehead atoms. The summed E-state index contributed by atoms with van der Waals surface area (Å²) in [4.78, 5) is 15.3. The maximum atomic E-state index is 12.1. The fraction of sp³-hybridized carbons (Fsp3) is 0.611. The third-order valence-electron chi connectivity index (χ3n) is 3.76. The molecule has 1 aliphatic heterocycles. The number of nitrogens with zero attached hydrogens (tertiary/aromatic N) is 1. The van der Waals surface area contributed by atoms with Crippen LogP contribution in [0.25, 0.3) is 0 Å². The van der Waals surface area contributed by atoms with Crippen molar-refractivity contribution in [3.8, 4) is 0 Å². The first-order chi connectivity index (χ1) is 10.9. The molecule has 1 unspecified atom stereocenters. The number of rotatable bonds is 5. The van der Waals surface area contributed by atoms with Gasteiger partial charge in [-0.15, -0.1) is 11.8 Å². The number of likely N-dealkylation sites (N-methyl/N-ethyl adjacent to an activating group) is 1. The van der Waals surface area contributed by atoms with Gasteiger partial charge in [-0.25, -0.2) is 4.79 Å². The average Bonchev–Trinajstić information content (AvgIpc) is 2.50. The number of thioether (sulfide) groups is 1. The lowest BCUT2D eigenvalue weighted by Crippen LogP contribution is -2.41. The quantitative estimate of drug-likeness (QED) is 0.880. The van der Waals surface area contributed by atoms with Crippen LogP contribution in [0.2, 0.25) is 0 Å². The Bertz CT molecular complexity index is 528. The Morgan fingerprint density at radius 1 is 1.39 bits per heavy atom. The SMILES string of the molecule is CCN(CCNC1CCSc2ccccc21)C(=O)OC(C)(C)C. The fourth-order valence-corrected chi connectivity index (χ4v) is 3.76. The lowest BCUT2D eigenvalue weighted by atomic mass is 10.0. The summed E-state index contributed by atoms with van der Waals surface area (Å²) in [5, 5.41) is 3.60. The minimum absolute atomic E-state index is 0.235. The molecule has 1 aliphatic rings. The van der Waals surface area contributed by atoms with E-state index in [9.17, 15) is 4.79 Å². The van der Waals surface area contributed by atoms with Crippen molar-refractivity contribution >= 4 is 17.9 Å². The van der Waals surface area contributed by atoms with Gasteiger partial charge in [0.15, 0.2) is 0 Å². The fourth-order valence-electron chi connectivity index (χ4n) is 2.63. The molecule has 1 N–H and O–H groups in total. The van der Waals surface area contributed by atoms with Crippen LogP contribution < -0.4 is 5.32 Å². The zero-order chi connectivity index (χ0) is 16.9. The first-order valence-corrected chi connectivity index (χ1v) is 9.32. The monoisotopic (exact) mass is 336 g/mol. The van der Waals surface area contributed by atoms with Crippen molar-refractivity contribution in [3.05, 3.63) is 29.8 Å². The summed E-state index contributed by atoms with van der Waals surface area (Å²) in [5.74, 6) is 1.14. The summed E-state index contributed by atoms with van der Waals surface area (Å²) >= 11 is 1.92. The van der Waals surface area contributed by atoms with E-state index in [1.54, 1.807) is 4.90 Å². The molecule has 1 amide bonds. The van der Waals surface area contributed by atoms with Gasteiger partial charge in [-0.1, -0.05) is 18.2 Å². The summed E-state index contributed by atoms with van der Waals surface area (Å²) in [6.45, 7) is 9.77. The Labute approximate surface area is 144 Å². The minimum Gasteiger partial charge on any atom is -0.444 e. The van der Waals surface area contributed by atoms with Crippen LogP contribution in [0, 0.1) is 0 Å². The number of amides is 1. The van der Waals surface area contributed by atoms with E-state index in [4.69, 9.17) is 4.74 Å². The zero-order valence-corrected chi connectivity index (χ0v) is 15.4. The molecule has 128 valence electrons. The summed E-state index contributed by atoms with van der Waals surface area (Å²) in [6.07, 6.45) is 0.890. The Morgan fingerprint density at radius 3 is 2.83 bits per heavy atom. The second kappa shape index (κ2) is 8.06. The van der Waals surface area contributed by atoms with Crippen LogP contribution in [0.1, 0.15) is 45.7 Å². The predicted octanol–water partition coefficient (Wildman–Crippen LogP) is 4.07. The van der Waals surface area contributed by atoms with Gasteiger partial charge < -0.3 is 15.0 Å². The van der Waals surface area contributed by atoms with Gasteiger partial charge in [-0.2, -0.15) is 0 Å². The molecule has 5 heteroatoms. The van der Waals surface area contributed by atoms with E-state index in [1.807, 2.05) is 39.5 Å². The maximum absolute atomic E-state index is 12.1. The molecule has 4 nitrogen and oxygen atoms in total. The molecule has 0 saturated heterocycles. The highest BCUT2D eigenvalue weighted by Gasteiger charge is 2.22. The number of carbonyl (C=O) groups is 1. The highest BCUT2D eigenvalue weighted by molar-refractivity contribution is 7.99. The predicted molar refractivity (Wildman–Crippen MR) is 96.0 cm³/mol. The van der Waals surface area contributed by atoms with Gasteiger partial charge in [0.2, 0.25) is 0 Å². The highest BCUT2D eigenvalue weighted by Crippen LogP contribution is 2.35. The maximum Gasteiger partial charge on any atom is 0.410 e. The second-order valence-corrected chi connectivity index (χ2v) is 7.88. The van der Waals surface area contributed by atoms with Gasteiger partial charge in [-0.3, -0.25) is 0 Å². The van der Waals surface area contributed by atoms with Gasteiger partial charge in [0.25, 0.3) is 0 Å². The topological polar surface area (TPSA) is 41.6 Å².